The number of carbonyl (C=O) groups excluding carboxylic acids is 1. The normalized spacial score (nSPS) is 22.6. The van der Waals surface area contributed by atoms with Crippen LogP contribution >= 0.6 is 0 Å². The Morgan fingerprint density at radius 1 is 1.20 bits per heavy atom. The molecular weight excluding hydrogens is 402 g/mol. The summed E-state index contributed by atoms with van der Waals surface area (Å²) in [6, 6.07) is 4.91. The fourth-order valence-electron chi connectivity index (χ4n) is 4.31. The van der Waals surface area contributed by atoms with Crippen molar-refractivity contribution >= 4 is 21.6 Å². The third kappa shape index (κ3) is 5.22. The molecule has 2 heterocycles. The van der Waals surface area contributed by atoms with Crippen molar-refractivity contribution in [2.24, 2.45) is 0 Å². The fraction of sp³-hybridized carbons (Fsp3) is 0.682. The molecule has 2 fully saturated rings. The zero-order valence-corrected chi connectivity index (χ0v) is 19.2. The molecule has 0 radical (unpaired) electrons. The van der Waals surface area contributed by atoms with Crippen molar-refractivity contribution in [3.8, 4) is 0 Å². The number of piperidine rings is 1. The third-order valence-electron chi connectivity index (χ3n) is 6.14. The zero-order valence-electron chi connectivity index (χ0n) is 18.4. The molecule has 8 heteroatoms. The highest BCUT2D eigenvalue weighted by Gasteiger charge is 2.30. The number of anilines is 1. The molecule has 0 spiro atoms. The highest BCUT2D eigenvalue weighted by atomic mass is 32.2. The largest absolute Gasteiger partial charge is 0.376 e. The number of aryl methyl sites for hydroxylation is 1. The molecule has 0 aliphatic carbocycles. The van der Waals surface area contributed by atoms with Gasteiger partial charge in [-0.1, -0.05) is 26.3 Å². The van der Waals surface area contributed by atoms with Crippen molar-refractivity contribution in [2.75, 3.05) is 38.1 Å². The van der Waals surface area contributed by atoms with E-state index in [1.807, 2.05) is 6.92 Å². The molecule has 2 aliphatic rings. The molecule has 1 aromatic carbocycles. The first kappa shape index (κ1) is 23.2. The van der Waals surface area contributed by atoms with Gasteiger partial charge in [-0.3, -0.25) is 9.69 Å². The highest BCUT2D eigenvalue weighted by Crippen LogP contribution is 2.26. The number of hydrogen-bond acceptors (Lipinski definition) is 5. The lowest BCUT2D eigenvalue weighted by molar-refractivity contribution is -0.125. The van der Waals surface area contributed by atoms with Crippen LogP contribution in [0.3, 0.4) is 0 Å². The first-order valence-electron chi connectivity index (χ1n) is 11.1. The van der Waals surface area contributed by atoms with E-state index in [2.05, 4.69) is 17.1 Å². The van der Waals surface area contributed by atoms with Crippen molar-refractivity contribution in [2.45, 2.75) is 69.9 Å². The maximum atomic E-state index is 13.1. The Morgan fingerprint density at radius 3 is 2.60 bits per heavy atom. The van der Waals surface area contributed by atoms with Crippen LogP contribution in [0.5, 0.6) is 0 Å². The zero-order chi connectivity index (χ0) is 21.7. The van der Waals surface area contributed by atoms with Gasteiger partial charge in [0.2, 0.25) is 15.9 Å². The van der Waals surface area contributed by atoms with Crippen LogP contribution in [-0.4, -0.2) is 68.5 Å². The SMILES string of the molecule is CC[C@@H]1CN([C@@H](CC)C(=O)Nc2ccc(C)c(S(=O)(=O)N3CCCCC3)c2)CCO1. The Hall–Kier alpha value is -1.48. The predicted octanol–water partition coefficient (Wildman–Crippen LogP) is 3.00. The van der Waals surface area contributed by atoms with Gasteiger partial charge in [-0.25, -0.2) is 8.42 Å². The number of carbonyl (C=O) groups is 1. The first-order valence-corrected chi connectivity index (χ1v) is 12.6. The van der Waals surface area contributed by atoms with Crippen LogP contribution in [0, 0.1) is 6.92 Å². The monoisotopic (exact) mass is 437 g/mol. The van der Waals surface area contributed by atoms with Crippen LogP contribution in [0.2, 0.25) is 0 Å². The summed E-state index contributed by atoms with van der Waals surface area (Å²) in [4.78, 5) is 15.5. The second-order valence-corrected chi connectivity index (χ2v) is 10.2. The van der Waals surface area contributed by atoms with Crippen LogP contribution in [0.25, 0.3) is 0 Å². The molecule has 2 atom stereocenters. The molecule has 2 saturated heterocycles. The molecule has 168 valence electrons. The van der Waals surface area contributed by atoms with E-state index in [4.69, 9.17) is 4.74 Å². The smallest absolute Gasteiger partial charge is 0.243 e. The quantitative estimate of drug-likeness (QED) is 0.709. The van der Waals surface area contributed by atoms with Gasteiger partial charge in [-0.05, 0) is 50.3 Å². The lowest BCUT2D eigenvalue weighted by Crippen LogP contribution is -2.51. The Balaban J connectivity index is 1.76. The number of hydrogen-bond donors (Lipinski definition) is 1. The van der Waals surface area contributed by atoms with Crippen molar-refractivity contribution in [1.82, 2.24) is 9.21 Å². The van der Waals surface area contributed by atoms with Gasteiger partial charge in [0.25, 0.3) is 0 Å². The Bertz CT molecular complexity index is 837. The number of benzene rings is 1. The molecule has 0 saturated carbocycles. The summed E-state index contributed by atoms with van der Waals surface area (Å²) in [7, 11) is -3.55. The molecule has 1 aromatic rings. The van der Waals surface area contributed by atoms with Gasteiger partial charge in [0.15, 0.2) is 0 Å². The third-order valence-corrected chi connectivity index (χ3v) is 8.18. The van der Waals surface area contributed by atoms with Gasteiger partial charge in [0.1, 0.15) is 0 Å². The molecule has 0 bridgehead atoms. The molecule has 0 unspecified atom stereocenters. The van der Waals surface area contributed by atoms with E-state index < -0.39 is 10.0 Å². The van der Waals surface area contributed by atoms with E-state index in [0.717, 1.165) is 38.8 Å². The summed E-state index contributed by atoms with van der Waals surface area (Å²) < 4.78 is 33.6. The van der Waals surface area contributed by atoms with Crippen molar-refractivity contribution in [1.29, 1.82) is 0 Å². The van der Waals surface area contributed by atoms with E-state index in [-0.39, 0.29) is 22.9 Å². The second-order valence-electron chi connectivity index (χ2n) is 8.25. The van der Waals surface area contributed by atoms with Crippen LogP contribution in [0.1, 0.15) is 51.5 Å². The van der Waals surface area contributed by atoms with Crippen LogP contribution in [-0.2, 0) is 19.6 Å². The van der Waals surface area contributed by atoms with Gasteiger partial charge in [-0.15, -0.1) is 0 Å². The number of sulfonamides is 1. The van der Waals surface area contributed by atoms with Crippen molar-refractivity contribution in [3.63, 3.8) is 0 Å². The average Bonchev–Trinajstić information content (AvgIpc) is 2.76. The maximum absolute atomic E-state index is 13.1. The first-order chi connectivity index (χ1) is 14.4. The van der Waals surface area contributed by atoms with Crippen molar-refractivity contribution < 1.29 is 17.9 Å². The summed E-state index contributed by atoms with van der Waals surface area (Å²) in [6.45, 7) is 9.11. The Morgan fingerprint density at radius 2 is 1.93 bits per heavy atom. The predicted molar refractivity (Wildman–Crippen MR) is 118 cm³/mol. The van der Waals surface area contributed by atoms with Crippen LogP contribution < -0.4 is 5.32 Å². The summed E-state index contributed by atoms with van der Waals surface area (Å²) >= 11 is 0. The van der Waals surface area contributed by atoms with E-state index in [1.165, 1.54) is 0 Å². The molecule has 1 N–H and O–H groups in total. The second kappa shape index (κ2) is 10.2. The molecule has 7 nitrogen and oxygen atoms in total. The maximum Gasteiger partial charge on any atom is 0.243 e. The van der Waals surface area contributed by atoms with E-state index in [0.29, 0.717) is 37.4 Å². The molecule has 1 amide bonds. The van der Waals surface area contributed by atoms with E-state index in [1.54, 1.807) is 29.4 Å². The summed E-state index contributed by atoms with van der Waals surface area (Å²) in [6.07, 6.45) is 4.62. The van der Waals surface area contributed by atoms with Crippen LogP contribution in [0.15, 0.2) is 23.1 Å². The van der Waals surface area contributed by atoms with Gasteiger partial charge in [-0.2, -0.15) is 4.31 Å². The van der Waals surface area contributed by atoms with E-state index >= 15 is 0 Å². The minimum absolute atomic E-state index is 0.0978. The van der Waals surface area contributed by atoms with Gasteiger partial charge >= 0.3 is 0 Å². The summed E-state index contributed by atoms with van der Waals surface area (Å²) in [5.41, 5.74) is 1.23. The summed E-state index contributed by atoms with van der Waals surface area (Å²) in [5, 5.41) is 2.96. The number of ether oxygens (including phenoxy) is 1. The summed E-state index contributed by atoms with van der Waals surface area (Å²) in [5.74, 6) is -0.0978. The van der Waals surface area contributed by atoms with E-state index in [9.17, 15) is 13.2 Å². The van der Waals surface area contributed by atoms with Gasteiger partial charge in [0, 0.05) is 31.9 Å². The number of morpholine rings is 1. The molecule has 3 rings (SSSR count). The Labute approximate surface area is 180 Å². The molecule has 30 heavy (non-hydrogen) atoms. The van der Waals surface area contributed by atoms with Crippen LogP contribution in [0.4, 0.5) is 5.69 Å². The number of nitrogens with one attached hydrogen (secondary N) is 1. The van der Waals surface area contributed by atoms with Gasteiger partial charge in [0.05, 0.1) is 23.6 Å². The lowest BCUT2D eigenvalue weighted by Gasteiger charge is -2.37. The topological polar surface area (TPSA) is 79.0 Å². The molecular formula is C22H35N3O4S. The lowest BCUT2D eigenvalue weighted by atomic mass is 10.1. The molecule has 0 aromatic heterocycles. The number of amides is 1. The fourth-order valence-corrected chi connectivity index (χ4v) is 6.08. The molecule has 2 aliphatic heterocycles. The minimum Gasteiger partial charge on any atom is -0.376 e. The van der Waals surface area contributed by atoms with Crippen molar-refractivity contribution in [3.05, 3.63) is 23.8 Å². The number of nitrogens with zero attached hydrogens (tertiary/aromatic N) is 2. The van der Waals surface area contributed by atoms with Gasteiger partial charge < -0.3 is 10.1 Å². The minimum atomic E-state index is -3.55. The Kier molecular flexibility index (Phi) is 7.90. The average molecular weight is 438 g/mol. The highest BCUT2D eigenvalue weighted by molar-refractivity contribution is 7.89. The standard InChI is InChI=1S/C22H35N3O4S/c1-4-19-16-24(13-14-29-19)20(5-2)22(26)23-18-10-9-17(3)21(15-18)30(27,28)25-11-7-6-8-12-25/h9-10,15,19-20H,4-8,11-14,16H2,1-3H3,(H,23,26)/t19-,20+/m1/s1. The number of rotatable bonds is 7.